The summed E-state index contributed by atoms with van der Waals surface area (Å²) in [7, 11) is 0. The molecule has 0 atom stereocenters. The lowest BCUT2D eigenvalue weighted by molar-refractivity contribution is 1.39. The van der Waals surface area contributed by atoms with Gasteiger partial charge in [-0.05, 0) is 57.6 Å². The molecule has 0 saturated heterocycles. The smallest absolute Gasteiger partial charge is 0.138 e. The molecule has 4 aromatic carbocycles. The zero-order valence-corrected chi connectivity index (χ0v) is 25.2. The topological polar surface area (TPSA) is 238 Å². The second kappa shape index (κ2) is 12.1. The fourth-order valence-corrected chi connectivity index (χ4v) is 6.54. The van der Waals surface area contributed by atoms with Gasteiger partial charge in [0.1, 0.15) is 71.8 Å². The molecule has 2 aliphatic rings. The molecule has 0 bridgehead atoms. The van der Waals surface area contributed by atoms with Crippen molar-refractivity contribution in [3.63, 3.8) is 0 Å². The van der Waals surface area contributed by atoms with Crippen LogP contribution < -0.4 is 0 Å². The third kappa shape index (κ3) is 4.26. The van der Waals surface area contributed by atoms with Gasteiger partial charge in [-0.25, -0.2) is 0 Å². The molecule has 0 fully saturated rings. The third-order valence-corrected chi connectivity index (χ3v) is 8.47. The normalized spacial score (nSPS) is 11.2. The van der Waals surface area contributed by atoms with Gasteiger partial charge >= 0.3 is 0 Å². The lowest BCUT2D eigenvalue weighted by atomic mass is 9.82. The highest BCUT2D eigenvalue weighted by molar-refractivity contribution is 6.39. The standard InChI is InChI=1S/C40H10N10/c41-11-23-7-21(8-24(12-42)33(23)19-49)29-3-1-5-31-37(29)35(27(15-45)16-46)40-32-6-2-4-30(38(32)36(39(31)40)28(17-47)18-48)22-9-25(13-43)34(20-50)26(10-22)14-44/h1-10H. The van der Waals surface area contributed by atoms with Crippen LogP contribution in [0.1, 0.15) is 55.6 Å². The molecule has 50 heavy (non-hydrogen) atoms. The highest BCUT2D eigenvalue weighted by Gasteiger charge is 2.42. The van der Waals surface area contributed by atoms with Crippen LogP contribution in [0.5, 0.6) is 0 Å². The van der Waals surface area contributed by atoms with Gasteiger partial charge in [-0.15, -0.1) is 0 Å². The maximum Gasteiger partial charge on any atom is 0.138 e. The molecular weight excluding hydrogens is 621 g/mol. The number of hydrogen-bond donors (Lipinski definition) is 0. The largest absolute Gasteiger partial charge is 0.192 e. The van der Waals surface area contributed by atoms with Crippen LogP contribution in [0.25, 0.3) is 44.5 Å². The monoisotopic (exact) mass is 630 g/mol. The Balaban J connectivity index is 1.76. The number of rotatable bonds is 2. The molecule has 4 aromatic rings. The minimum Gasteiger partial charge on any atom is -0.192 e. The first kappa shape index (κ1) is 31.0. The molecule has 0 unspecified atom stereocenters. The van der Waals surface area contributed by atoms with Crippen molar-refractivity contribution in [3.05, 3.63) is 127 Å². The molecule has 220 valence electrons. The van der Waals surface area contributed by atoms with E-state index >= 15 is 0 Å². The van der Waals surface area contributed by atoms with Crippen LogP contribution in [0.3, 0.4) is 0 Å². The number of allylic oxidation sites excluding steroid dienone is 6. The van der Waals surface area contributed by atoms with E-state index in [9.17, 15) is 52.6 Å². The maximum absolute atomic E-state index is 10.3. The molecule has 0 N–H and O–H groups in total. The summed E-state index contributed by atoms with van der Waals surface area (Å²) in [5, 5.41) is 99.6. The van der Waals surface area contributed by atoms with Crippen LogP contribution in [0, 0.1) is 113 Å². The Morgan fingerprint density at radius 3 is 0.940 bits per heavy atom. The van der Waals surface area contributed by atoms with Gasteiger partial charge in [0.25, 0.3) is 0 Å². The Kier molecular flexibility index (Phi) is 7.48. The number of hydrogen-bond acceptors (Lipinski definition) is 10. The molecule has 10 nitrogen and oxygen atoms in total. The first-order valence-corrected chi connectivity index (χ1v) is 14.3. The molecule has 0 amide bonds. The van der Waals surface area contributed by atoms with E-state index in [1.165, 1.54) is 24.3 Å². The average molecular weight is 631 g/mol. The fourth-order valence-electron chi connectivity index (χ4n) is 6.54. The van der Waals surface area contributed by atoms with E-state index in [1.54, 1.807) is 36.4 Å². The fraction of sp³-hybridized carbons (Fsp3) is 0. The molecular formula is C40H10N10. The summed E-state index contributed by atoms with van der Waals surface area (Å²) in [5.74, 6) is 0. The van der Waals surface area contributed by atoms with Gasteiger partial charge < -0.3 is 0 Å². The first-order chi connectivity index (χ1) is 24.4. The van der Waals surface area contributed by atoms with Crippen molar-refractivity contribution in [1.29, 1.82) is 52.6 Å². The van der Waals surface area contributed by atoms with E-state index in [-0.39, 0.29) is 55.7 Å². The minimum atomic E-state index is -0.289. The van der Waals surface area contributed by atoms with E-state index in [0.717, 1.165) is 0 Å². The van der Waals surface area contributed by atoms with Gasteiger partial charge in [-0.3, -0.25) is 0 Å². The number of benzene rings is 4. The predicted octanol–water partition coefficient (Wildman–Crippen LogP) is 6.79. The van der Waals surface area contributed by atoms with Gasteiger partial charge in [0.05, 0.1) is 33.4 Å². The molecule has 6 rings (SSSR count). The first-order valence-electron chi connectivity index (χ1n) is 14.3. The van der Waals surface area contributed by atoms with Gasteiger partial charge in [-0.2, -0.15) is 52.6 Å². The van der Waals surface area contributed by atoms with Gasteiger partial charge in [0, 0.05) is 33.4 Å². The molecule has 0 aliphatic heterocycles. The van der Waals surface area contributed by atoms with Crippen LogP contribution in [-0.2, 0) is 0 Å². The van der Waals surface area contributed by atoms with Crippen molar-refractivity contribution in [3.8, 4) is 82.9 Å². The second-order valence-electron chi connectivity index (χ2n) is 10.7. The van der Waals surface area contributed by atoms with Crippen molar-refractivity contribution >= 4 is 22.3 Å². The molecule has 0 spiro atoms. The number of nitrogens with zero attached hydrogens (tertiary/aromatic N) is 10. The van der Waals surface area contributed by atoms with Gasteiger partial charge in [0.15, 0.2) is 0 Å². The van der Waals surface area contributed by atoms with Crippen LogP contribution in [0.2, 0.25) is 0 Å². The summed E-state index contributed by atoms with van der Waals surface area (Å²) >= 11 is 0. The summed E-state index contributed by atoms with van der Waals surface area (Å²) in [6, 6.07) is 35.3. The van der Waals surface area contributed by atoms with Gasteiger partial charge in [-0.1, -0.05) is 36.4 Å². The number of fused-ring (bicyclic) bond motifs is 4. The van der Waals surface area contributed by atoms with Crippen molar-refractivity contribution in [2.24, 2.45) is 0 Å². The van der Waals surface area contributed by atoms with E-state index in [2.05, 4.69) is 0 Å². The van der Waals surface area contributed by atoms with Crippen LogP contribution in [0.4, 0.5) is 0 Å². The molecule has 0 heterocycles. The van der Waals surface area contributed by atoms with E-state index in [0.29, 0.717) is 55.7 Å². The zero-order chi connectivity index (χ0) is 35.7. The Labute approximate surface area is 284 Å². The molecule has 0 saturated carbocycles. The predicted molar refractivity (Wildman–Crippen MR) is 175 cm³/mol. The van der Waals surface area contributed by atoms with E-state index < -0.39 is 0 Å². The summed E-state index contributed by atoms with van der Waals surface area (Å²) in [6.45, 7) is 0. The molecule has 0 aromatic heterocycles. The van der Waals surface area contributed by atoms with Crippen molar-refractivity contribution in [2.45, 2.75) is 0 Å². The van der Waals surface area contributed by atoms with E-state index in [4.69, 9.17) is 0 Å². The van der Waals surface area contributed by atoms with Crippen molar-refractivity contribution in [2.75, 3.05) is 0 Å². The lowest BCUT2D eigenvalue weighted by Gasteiger charge is -2.19. The summed E-state index contributed by atoms with van der Waals surface area (Å²) in [4.78, 5) is 0. The van der Waals surface area contributed by atoms with Crippen LogP contribution in [0.15, 0.2) is 71.8 Å². The highest BCUT2D eigenvalue weighted by Crippen LogP contribution is 2.62. The Hall–Kier alpha value is -9.00. The number of nitriles is 10. The SMILES string of the molecule is N#CC(C#N)=C1C2=C(C(=C(C#N)C#N)c3c2cccc3-c2cc(C#N)c(C#N)c(C#N)c2)c2cccc(-c3cc(C#N)c(C#N)c(C#N)c3)c21. The highest BCUT2D eigenvalue weighted by atomic mass is 14.5. The summed E-state index contributed by atoms with van der Waals surface area (Å²) in [5.41, 5.74) is 3.39. The Bertz CT molecular complexity index is 2560. The Morgan fingerprint density at radius 2 is 0.680 bits per heavy atom. The quantitative estimate of drug-likeness (QED) is 0.210. The third-order valence-electron chi connectivity index (χ3n) is 8.47. The minimum absolute atomic E-state index is 0.0494. The van der Waals surface area contributed by atoms with E-state index in [1.807, 2.05) is 60.7 Å². The van der Waals surface area contributed by atoms with Gasteiger partial charge in [0.2, 0.25) is 0 Å². The van der Waals surface area contributed by atoms with Crippen LogP contribution in [-0.4, -0.2) is 0 Å². The maximum atomic E-state index is 10.3. The molecule has 0 radical (unpaired) electrons. The van der Waals surface area contributed by atoms with Crippen molar-refractivity contribution < 1.29 is 0 Å². The molecule has 10 heteroatoms. The second-order valence-corrected chi connectivity index (χ2v) is 10.7. The van der Waals surface area contributed by atoms with Crippen LogP contribution >= 0.6 is 0 Å². The molecule has 2 aliphatic carbocycles. The lowest BCUT2D eigenvalue weighted by Crippen LogP contribution is -2.01. The zero-order valence-electron chi connectivity index (χ0n) is 25.2. The summed E-state index contributed by atoms with van der Waals surface area (Å²) in [6.07, 6.45) is 0. The Morgan fingerprint density at radius 1 is 0.380 bits per heavy atom. The summed E-state index contributed by atoms with van der Waals surface area (Å²) < 4.78 is 0. The average Bonchev–Trinajstić information content (AvgIpc) is 3.68. The van der Waals surface area contributed by atoms with Crippen molar-refractivity contribution in [1.82, 2.24) is 0 Å².